The van der Waals surface area contributed by atoms with Crippen LogP contribution in [0.2, 0.25) is 10.0 Å². The Balaban J connectivity index is 1.50. The second-order valence-corrected chi connectivity index (χ2v) is 9.88. The van der Waals surface area contributed by atoms with Gasteiger partial charge in [0.2, 0.25) is 0 Å². The van der Waals surface area contributed by atoms with Crippen LogP contribution in [0.5, 0.6) is 17.2 Å². The minimum Gasteiger partial charge on any atom is -0.446 e. The number of rotatable bonds is 9. The molecule has 4 aromatic rings. The highest BCUT2D eigenvalue weighted by atomic mass is 79.9. The summed E-state index contributed by atoms with van der Waals surface area (Å²) in [7, 11) is 0. The molecule has 0 atom stereocenters. The number of halogens is 3. The fourth-order valence-electron chi connectivity index (χ4n) is 3.29. The Hall–Kier alpha value is -3.85. The number of carbonyl (C=O) groups is 2. The van der Waals surface area contributed by atoms with E-state index in [1.165, 1.54) is 6.21 Å². The van der Waals surface area contributed by atoms with Crippen LogP contribution in [0.25, 0.3) is 0 Å². The molecule has 0 heterocycles. The fourth-order valence-corrected chi connectivity index (χ4v) is 3.92. The number of nitrogens with zero attached hydrogens (tertiary/aromatic N) is 1. The molecule has 0 radical (unpaired) electrons. The Morgan fingerprint density at radius 1 is 0.872 bits per heavy atom. The van der Waals surface area contributed by atoms with Gasteiger partial charge in [-0.15, -0.1) is 0 Å². The summed E-state index contributed by atoms with van der Waals surface area (Å²) < 4.78 is 17.8. The molecule has 4 aromatic carbocycles. The topological polar surface area (TPSA) is 86.2 Å². The number of esters is 1. The van der Waals surface area contributed by atoms with Crippen molar-refractivity contribution in [1.82, 2.24) is 5.43 Å². The van der Waals surface area contributed by atoms with E-state index in [-0.39, 0.29) is 5.75 Å². The van der Waals surface area contributed by atoms with E-state index in [4.69, 9.17) is 37.4 Å². The first-order valence-corrected chi connectivity index (χ1v) is 13.1. The Labute approximate surface area is 243 Å². The molecular formula is C29H21BrCl2N2O5. The van der Waals surface area contributed by atoms with Crippen molar-refractivity contribution >= 4 is 57.2 Å². The van der Waals surface area contributed by atoms with E-state index in [9.17, 15) is 9.59 Å². The maximum absolute atomic E-state index is 13.0. The molecule has 0 aliphatic heterocycles. The first-order valence-electron chi connectivity index (χ1n) is 11.5. The zero-order chi connectivity index (χ0) is 27.8. The van der Waals surface area contributed by atoms with Crippen LogP contribution in [0.1, 0.15) is 21.5 Å². The Morgan fingerprint density at radius 3 is 2.05 bits per heavy atom. The molecular weight excluding hydrogens is 607 g/mol. The number of nitrogens with one attached hydrogen (secondary N) is 1. The molecule has 0 aliphatic carbocycles. The quantitative estimate of drug-likeness (QED) is 0.0696. The predicted molar refractivity (Wildman–Crippen MR) is 154 cm³/mol. The van der Waals surface area contributed by atoms with Gasteiger partial charge in [-0.3, -0.25) is 4.79 Å². The lowest BCUT2D eigenvalue weighted by Crippen LogP contribution is -2.40. The average molecular weight is 628 g/mol. The predicted octanol–water partition coefficient (Wildman–Crippen LogP) is 7.22. The van der Waals surface area contributed by atoms with E-state index in [2.05, 4.69) is 26.5 Å². The van der Waals surface area contributed by atoms with Gasteiger partial charge < -0.3 is 14.2 Å². The maximum Gasteiger partial charge on any atom is 0.343 e. The number of hydrazone groups is 1. The Kier molecular flexibility index (Phi) is 9.59. The highest BCUT2D eigenvalue weighted by molar-refractivity contribution is 9.10. The maximum atomic E-state index is 13.0. The number of aryl methyl sites for hydroxylation is 1. The van der Waals surface area contributed by atoms with Crippen LogP contribution in [0.3, 0.4) is 0 Å². The Bertz CT molecular complexity index is 1450. The Morgan fingerprint density at radius 2 is 1.46 bits per heavy atom. The van der Waals surface area contributed by atoms with Gasteiger partial charge in [0.1, 0.15) is 17.2 Å². The molecule has 39 heavy (non-hydrogen) atoms. The van der Waals surface area contributed by atoms with Gasteiger partial charge in [-0.2, -0.15) is 5.10 Å². The lowest BCUT2D eigenvalue weighted by atomic mass is 10.1. The monoisotopic (exact) mass is 626 g/mol. The van der Waals surface area contributed by atoms with Crippen molar-refractivity contribution < 1.29 is 23.8 Å². The molecule has 0 unspecified atom stereocenters. The van der Waals surface area contributed by atoms with Crippen LogP contribution in [-0.4, -0.2) is 24.4 Å². The molecule has 0 aliphatic rings. The molecule has 0 saturated carbocycles. The molecule has 1 N–H and O–H groups in total. The van der Waals surface area contributed by atoms with Gasteiger partial charge in [-0.05, 0) is 85.3 Å². The van der Waals surface area contributed by atoms with Crippen LogP contribution in [-0.2, 0) is 4.79 Å². The molecule has 7 nitrogen and oxygen atoms in total. The zero-order valence-electron chi connectivity index (χ0n) is 20.4. The van der Waals surface area contributed by atoms with Crippen molar-refractivity contribution in [3.8, 4) is 17.2 Å². The van der Waals surface area contributed by atoms with Crippen LogP contribution < -0.4 is 19.6 Å². The van der Waals surface area contributed by atoms with Crippen LogP contribution in [0.4, 0.5) is 0 Å². The van der Waals surface area contributed by atoms with Crippen LogP contribution >= 0.6 is 39.1 Å². The molecule has 0 saturated heterocycles. The lowest BCUT2D eigenvalue weighted by molar-refractivity contribution is -0.140. The van der Waals surface area contributed by atoms with Gasteiger partial charge in [-0.1, -0.05) is 57.3 Å². The van der Waals surface area contributed by atoms with E-state index >= 15 is 0 Å². The van der Waals surface area contributed by atoms with Gasteiger partial charge in [-0.25, -0.2) is 10.2 Å². The third-order valence-electron chi connectivity index (χ3n) is 5.25. The van der Waals surface area contributed by atoms with Crippen LogP contribution in [0, 0.1) is 6.92 Å². The normalized spacial score (nSPS) is 10.9. The number of benzene rings is 4. The minimum absolute atomic E-state index is 0.260. The van der Waals surface area contributed by atoms with Crippen LogP contribution in [0.15, 0.2) is 101 Å². The third-order valence-corrected chi connectivity index (χ3v) is 6.24. The van der Waals surface area contributed by atoms with Gasteiger partial charge in [0.05, 0.1) is 11.8 Å². The number of hydrogen-bond acceptors (Lipinski definition) is 6. The smallest absolute Gasteiger partial charge is 0.343 e. The lowest BCUT2D eigenvalue weighted by Gasteiger charge is -2.19. The standard InChI is InChI=1S/C29H21BrCl2N2O5/c1-18-4-2-3-5-25(18)28(36)39-26-15-6-20(30)16-19(26)17-33-34-27(35)29(37-23-11-7-21(31)8-12-23)38-24-13-9-22(32)10-14-24/h2-17,29H,1H3,(H,34,35). The first-order chi connectivity index (χ1) is 18.8. The average Bonchev–Trinajstić information content (AvgIpc) is 2.92. The number of ether oxygens (including phenoxy) is 3. The molecule has 0 fully saturated rings. The van der Waals surface area contributed by atoms with Crippen molar-refractivity contribution in [2.75, 3.05) is 0 Å². The number of carbonyl (C=O) groups excluding carboxylic acids is 2. The van der Waals surface area contributed by atoms with E-state index in [1.807, 2.05) is 19.1 Å². The van der Waals surface area contributed by atoms with E-state index in [0.717, 1.165) is 10.0 Å². The summed E-state index contributed by atoms with van der Waals surface area (Å²) in [4.78, 5) is 25.7. The molecule has 4 rings (SSSR count). The second-order valence-electron chi connectivity index (χ2n) is 8.10. The number of hydrogen-bond donors (Lipinski definition) is 1. The highest BCUT2D eigenvalue weighted by Crippen LogP contribution is 2.24. The van der Waals surface area contributed by atoms with Gasteiger partial charge in [0.25, 0.3) is 0 Å². The van der Waals surface area contributed by atoms with Crippen molar-refractivity contribution in [1.29, 1.82) is 0 Å². The van der Waals surface area contributed by atoms with Crippen molar-refractivity contribution in [2.45, 2.75) is 13.2 Å². The molecule has 0 bridgehead atoms. The molecule has 198 valence electrons. The fraction of sp³-hybridized carbons (Fsp3) is 0.0690. The van der Waals surface area contributed by atoms with Gasteiger partial charge >= 0.3 is 18.2 Å². The summed E-state index contributed by atoms with van der Waals surface area (Å²) in [5.41, 5.74) is 4.08. The van der Waals surface area contributed by atoms with E-state index in [1.54, 1.807) is 78.9 Å². The largest absolute Gasteiger partial charge is 0.446 e. The van der Waals surface area contributed by atoms with Gasteiger partial charge in [0, 0.05) is 20.1 Å². The third kappa shape index (κ3) is 8.07. The van der Waals surface area contributed by atoms with Crippen molar-refractivity contribution in [3.05, 3.63) is 122 Å². The molecule has 0 aromatic heterocycles. The zero-order valence-corrected chi connectivity index (χ0v) is 23.5. The second kappa shape index (κ2) is 13.3. The molecule has 10 heteroatoms. The molecule has 0 spiro atoms. The summed E-state index contributed by atoms with van der Waals surface area (Å²) in [5, 5.41) is 5.06. The summed E-state index contributed by atoms with van der Waals surface area (Å²) in [6.45, 7) is 1.82. The molecule has 1 amide bonds. The summed E-state index contributed by atoms with van der Waals surface area (Å²) in [6, 6.07) is 25.1. The highest BCUT2D eigenvalue weighted by Gasteiger charge is 2.23. The summed E-state index contributed by atoms with van der Waals surface area (Å²) >= 11 is 15.3. The van der Waals surface area contributed by atoms with E-state index < -0.39 is 18.2 Å². The van der Waals surface area contributed by atoms with Gasteiger partial charge in [0.15, 0.2) is 0 Å². The minimum atomic E-state index is -1.40. The first kappa shape index (κ1) is 28.2. The van der Waals surface area contributed by atoms with Crippen molar-refractivity contribution in [3.63, 3.8) is 0 Å². The summed E-state index contributed by atoms with van der Waals surface area (Å²) in [5.74, 6) is -0.230. The summed E-state index contributed by atoms with van der Waals surface area (Å²) in [6.07, 6.45) is -0.0459. The van der Waals surface area contributed by atoms with E-state index in [0.29, 0.717) is 32.7 Å². The van der Waals surface area contributed by atoms with Crippen molar-refractivity contribution in [2.24, 2.45) is 5.10 Å². The SMILES string of the molecule is Cc1ccccc1C(=O)Oc1ccc(Br)cc1C=NNC(=O)C(Oc1ccc(Cl)cc1)Oc1ccc(Cl)cc1. The number of amides is 1.